The standard InChI is InChI=1S/C14H25BrN4O/c1-4-20-14(7-5-6-10(2)8-14)13(18-16)12-11(15)9-17-19(12)3/h9-10,13,18H,4-8,16H2,1-3H3. The number of hydrogen-bond donors (Lipinski definition) is 2. The third-order valence-corrected chi connectivity index (χ3v) is 4.94. The van der Waals surface area contributed by atoms with E-state index in [-0.39, 0.29) is 11.6 Å². The van der Waals surface area contributed by atoms with Crippen molar-refractivity contribution in [2.75, 3.05) is 6.61 Å². The fourth-order valence-corrected chi connectivity index (χ4v) is 4.11. The Morgan fingerprint density at radius 2 is 2.45 bits per heavy atom. The lowest BCUT2D eigenvalue weighted by Crippen LogP contribution is -2.51. The predicted octanol–water partition coefficient (Wildman–Crippen LogP) is 2.67. The molecule has 3 N–H and O–H groups in total. The summed E-state index contributed by atoms with van der Waals surface area (Å²) >= 11 is 3.58. The van der Waals surface area contributed by atoms with Crippen LogP contribution in [0, 0.1) is 5.92 Å². The molecule has 0 aromatic carbocycles. The van der Waals surface area contributed by atoms with E-state index in [1.54, 1.807) is 0 Å². The Morgan fingerprint density at radius 1 is 1.70 bits per heavy atom. The lowest BCUT2D eigenvalue weighted by Gasteiger charge is -2.45. The average Bonchev–Trinajstić information content (AvgIpc) is 2.72. The van der Waals surface area contributed by atoms with Crippen molar-refractivity contribution in [2.24, 2.45) is 18.8 Å². The van der Waals surface area contributed by atoms with Crippen molar-refractivity contribution in [1.82, 2.24) is 15.2 Å². The first-order chi connectivity index (χ1) is 9.54. The molecule has 114 valence electrons. The fourth-order valence-electron chi connectivity index (χ4n) is 3.53. The summed E-state index contributed by atoms with van der Waals surface area (Å²) in [6.45, 7) is 5.03. The van der Waals surface area contributed by atoms with Crippen LogP contribution < -0.4 is 11.3 Å². The van der Waals surface area contributed by atoms with Gasteiger partial charge in [0.15, 0.2) is 0 Å². The maximum Gasteiger partial charge on any atom is 0.0929 e. The maximum atomic E-state index is 6.22. The van der Waals surface area contributed by atoms with E-state index in [0.717, 1.165) is 23.0 Å². The Hall–Kier alpha value is -0.430. The lowest BCUT2D eigenvalue weighted by atomic mass is 9.73. The minimum absolute atomic E-state index is 0.0629. The molecule has 1 aliphatic rings. The summed E-state index contributed by atoms with van der Waals surface area (Å²) in [5.41, 5.74) is 3.78. The van der Waals surface area contributed by atoms with Crippen LogP contribution in [0.2, 0.25) is 0 Å². The van der Waals surface area contributed by atoms with Gasteiger partial charge in [0, 0.05) is 13.7 Å². The quantitative estimate of drug-likeness (QED) is 0.636. The molecule has 0 aliphatic heterocycles. The van der Waals surface area contributed by atoms with Crippen LogP contribution in [0.5, 0.6) is 0 Å². The second kappa shape index (κ2) is 6.56. The SMILES string of the molecule is CCOC1(C(NN)c2c(Br)cnn2C)CCCC(C)C1. The number of hydrogen-bond acceptors (Lipinski definition) is 4. The van der Waals surface area contributed by atoms with Crippen LogP contribution in [0.15, 0.2) is 10.7 Å². The highest BCUT2D eigenvalue weighted by molar-refractivity contribution is 9.10. The topological polar surface area (TPSA) is 65.1 Å². The molecule has 1 heterocycles. The van der Waals surface area contributed by atoms with Gasteiger partial charge in [-0.2, -0.15) is 5.10 Å². The smallest absolute Gasteiger partial charge is 0.0929 e. The number of nitrogens with two attached hydrogens (primary N) is 1. The monoisotopic (exact) mass is 344 g/mol. The van der Waals surface area contributed by atoms with Crippen LogP contribution in [0.1, 0.15) is 51.3 Å². The number of rotatable bonds is 5. The minimum Gasteiger partial charge on any atom is -0.373 e. The summed E-state index contributed by atoms with van der Waals surface area (Å²) in [5.74, 6) is 6.55. The molecule has 0 bridgehead atoms. The first-order valence-electron chi connectivity index (χ1n) is 7.31. The first kappa shape index (κ1) is 15.9. The van der Waals surface area contributed by atoms with E-state index >= 15 is 0 Å². The number of ether oxygens (including phenoxy) is 1. The van der Waals surface area contributed by atoms with E-state index in [1.165, 1.54) is 12.8 Å². The molecule has 3 atom stereocenters. The Bertz CT molecular complexity index is 427. The summed E-state index contributed by atoms with van der Waals surface area (Å²) in [5, 5.41) is 4.31. The molecule has 3 unspecified atom stereocenters. The molecule has 6 heteroatoms. The van der Waals surface area contributed by atoms with Crippen molar-refractivity contribution in [3.63, 3.8) is 0 Å². The highest BCUT2D eigenvalue weighted by Crippen LogP contribution is 2.44. The number of nitrogens with zero attached hydrogens (tertiary/aromatic N) is 2. The first-order valence-corrected chi connectivity index (χ1v) is 8.11. The molecule has 20 heavy (non-hydrogen) atoms. The average molecular weight is 345 g/mol. The van der Waals surface area contributed by atoms with Gasteiger partial charge in [0.1, 0.15) is 0 Å². The molecule has 5 nitrogen and oxygen atoms in total. The van der Waals surface area contributed by atoms with Crippen LogP contribution in [0.4, 0.5) is 0 Å². The molecule has 1 saturated carbocycles. The fraction of sp³-hybridized carbons (Fsp3) is 0.786. The number of hydrazine groups is 1. The van der Waals surface area contributed by atoms with Crippen molar-refractivity contribution in [2.45, 2.75) is 51.2 Å². The number of aromatic nitrogens is 2. The van der Waals surface area contributed by atoms with Gasteiger partial charge in [-0.05, 0) is 41.6 Å². The van der Waals surface area contributed by atoms with Crippen LogP contribution in [0.25, 0.3) is 0 Å². The minimum atomic E-state index is -0.253. The van der Waals surface area contributed by atoms with Crippen molar-refractivity contribution >= 4 is 15.9 Å². The van der Waals surface area contributed by atoms with Gasteiger partial charge < -0.3 is 4.74 Å². The third-order valence-electron chi connectivity index (χ3n) is 4.33. The predicted molar refractivity (Wildman–Crippen MR) is 83.0 cm³/mol. The van der Waals surface area contributed by atoms with Gasteiger partial charge in [-0.25, -0.2) is 5.43 Å². The largest absolute Gasteiger partial charge is 0.373 e. The second-order valence-corrected chi connectivity index (χ2v) is 6.65. The Kier molecular flexibility index (Phi) is 5.23. The molecule has 0 spiro atoms. The van der Waals surface area contributed by atoms with E-state index < -0.39 is 0 Å². The molecule has 0 amide bonds. The summed E-state index contributed by atoms with van der Waals surface area (Å²) in [6, 6.07) is -0.0629. The Morgan fingerprint density at radius 3 is 2.95 bits per heavy atom. The van der Waals surface area contributed by atoms with E-state index in [4.69, 9.17) is 10.6 Å². The van der Waals surface area contributed by atoms with Gasteiger partial charge in [0.25, 0.3) is 0 Å². The van der Waals surface area contributed by atoms with Gasteiger partial charge in [0.2, 0.25) is 0 Å². The van der Waals surface area contributed by atoms with Crippen LogP contribution in [-0.2, 0) is 11.8 Å². The van der Waals surface area contributed by atoms with Crippen molar-refractivity contribution in [3.8, 4) is 0 Å². The summed E-state index contributed by atoms with van der Waals surface area (Å²) < 4.78 is 9.07. The molecule has 1 fully saturated rings. The van der Waals surface area contributed by atoms with Gasteiger partial charge in [0.05, 0.1) is 28.0 Å². The zero-order chi connectivity index (χ0) is 14.8. The van der Waals surface area contributed by atoms with Crippen molar-refractivity contribution in [1.29, 1.82) is 0 Å². The molecule has 1 aliphatic carbocycles. The van der Waals surface area contributed by atoms with Gasteiger partial charge >= 0.3 is 0 Å². The summed E-state index contributed by atoms with van der Waals surface area (Å²) in [6.07, 6.45) is 6.30. The highest BCUT2D eigenvalue weighted by Gasteiger charge is 2.45. The second-order valence-electron chi connectivity index (χ2n) is 5.80. The summed E-state index contributed by atoms with van der Waals surface area (Å²) in [4.78, 5) is 0. The number of halogens is 1. The van der Waals surface area contributed by atoms with Gasteiger partial charge in [-0.1, -0.05) is 19.8 Å². The third kappa shape index (κ3) is 2.93. The zero-order valence-corrected chi connectivity index (χ0v) is 14.1. The number of nitrogens with one attached hydrogen (secondary N) is 1. The molecule has 0 radical (unpaired) electrons. The zero-order valence-electron chi connectivity index (χ0n) is 12.5. The van der Waals surface area contributed by atoms with Crippen molar-refractivity contribution < 1.29 is 4.74 Å². The van der Waals surface area contributed by atoms with E-state index in [9.17, 15) is 0 Å². The van der Waals surface area contributed by atoms with E-state index in [0.29, 0.717) is 12.5 Å². The number of aryl methyl sites for hydroxylation is 1. The van der Waals surface area contributed by atoms with Gasteiger partial charge in [-0.3, -0.25) is 10.5 Å². The van der Waals surface area contributed by atoms with Gasteiger partial charge in [-0.15, -0.1) is 0 Å². The van der Waals surface area contributed by atoms with E-state index in [2.05, 4.69) is 33.4 Å². The van der Waals surface area contributed by atoms with Crippen LogP contribution in [-0.4, -0.2) is 22.0 Å². The Labute approximate surface area is 129 Å². The maximum absolute atomic E-state index is 6.22. The molecule has 1 aromatic heterocycles. The molecular formula is C14H25BrN4O. The molecule has 2 rings (SSSR count). The summed E-state index contributed by atoms with van der Waals surface area (Å²) in [7, 11) is 1.94. The van der Waals surface area contributed by atoms with Crippen LogP contribution >= 0.6 is 15.9 Å². The lowest BCUT2D eigenvalue weighted by molar-refractivity contribution is -0.103. The molecule has 0 saturated heterocycles. The molecular weight excluding hydrogens is 320 g/mol. The van der Waals surface area contributed by atoms with E-state index in [1.807, 2.05) is 24.9 Å². The van der Waals surface area contributed by atoms with Crippen molar-refractivity contribution in [3.05, 3.63) is 16.4 Å². The Balaban J connectivity index is 2.39. The highest BCUT2D eigenvalue weighted by atomic mass is 79.9. The molecule has 1 aromatic rings. The van der Waals surface area contributed by atoms with Crippen LogP contribution in [0.3, 0.4) is 0 Å². The normalized spacial score (nSPS) is 28.6.